The number of benzene rings is 1. The van der Waals surface area contributed by atoms with Gasteiger partial charge in [-0.05, 0) is 31.0 Å². The Morgan fingerprint density at radius 3 is 2.72 bits per heavy atom. The highest BCUT2D eigenvalue weighted by Crippen LogP contribution is 2.29. The molecule has 0 radical (unpaired) electrons. The molecule has 1 fully saturated rings. The molecule has 0 unspecified atom stereocenters. The van der Waals surface area contributed by atoms with E-state index in [1.165, 1.54) is 32.1 Å². The quantitative estimate of drug-likeness (QED) is 0.606. The second-order valence-corrected chi connectivity index (χ2v) is 6.69. The van der Waals surface area contributed by atoms with E-state index in [0.29, 0.717) is 0 Å². The summed E-state index contributed by atoms with van der Waals surface area (Å²) in [4.78, 5) is 1.08. The maximum atomic E-state index is 6.12. The van der Waals surface area contributed by atoms with Gasteiger partial charge in [0.15, 0.2) is 0 Å². The fourth-order valence-corrected chi connectivity index (χ4v) is 3.69. The summed E-state index contributed by atoms with van der Waals surface area (Å²) >= 11 is 13.9. The largest absolute Gasteiger partial charge is 0.313 e. The molecule has 4 heteroatoms. The zero-order valence-corrected chi connectivity index (χ0v) is 12.8. The van der Waals surface area contributed by atoms with Crippen molar-refractivity contribution in [1.29, 1.82) is 0 Å². The van der Waals surface area contributed by atoms with Crippen molar-refractivity contribution < 1.29 is 0 Å². The minimum atomic E-state index is 0.731. The Morgan fingerprint density at radius 1 is 1.17 bits per heavy atom. The smallest absolute Gasteiger partial charge is 0.0542 e. The fraction of sp³-hybridized carbons (Fsp3) is 0.571. The summed E-state index contributed by atoms with van der Waals surface area (Å²) in [6.07, 6.45) is 6.84. The second kappa shape index (κ2) is 7.64. The number of nitrogens with one attached hydrogen (secondary N) is 1. The van der Waals surface area contributed by atoms with Crippen molar-refractivity contribution in [1.82, 2.24) is 5.32 Å². The van der Waals surface area contributed by atoms with Gasteiger partial charge in [0.05, 0.1) is 5.02 Å². The fourth-order valence-electron chi connectivity index (χ4n) is 2.32. The lowest BCUT2D eigenvalue weighted by Gasteiger charge is -2.22. The van der Waals surface area contributed by atoms with Crippen LogP contribution >= 0.6 is 35.0 Å². The molecule has 0 aromatic heterocycles. The van der Waals surface area contributed by atoms with Crippen LogP contribution in [0.4, 0.5) is 0 Å². The van der Waals surface area contributed by atoms with Gasteiger partial charge in [-0.3, -0.25) is 0 Å². The van der Waals surface area contributed by atoms with Gasteiger partial charge >= 0.3 is 0 Å². The third-order valence-electron chi connectivity index (χ3n) is 3.29. The lowest BCUT2D eigenvalue weighted by atomic mass is 9.96. The van der Waals surface area contributed by atoms with Crippen LogP contribution in [0.15, 0.2) is 23.1 Å². The van der Waals surface area contributed by atoms with E-state index < -0.39 is 0 Å². The topological polar surface area (TPSA) is 12.0 Å². The SMILES string of the molecule is Clc1ccc(Cl)c(SCCNC2CCCCC2)c1. The average molecular weight is 304 g/mol. The molecule has 100 valence electrons. The lowest BCUT2D eigenvalue weighted by Crippen LogP contribution is -2.32. The maximum Gasteiger partial charge on any atom is 0.0542 e. The van der Waals surface area contributed by atoms with Crippen LogP contribution in [0.2, 0.25) is 10.0 Å². The van der Waals surface area contributed by atoms with Crippen molar-refractivity contribution in [2.75, 3.05) is 12.3 Å². The maximum absolute atomic E-state index is 6.12. The molecule has 2 rings (SSSR count). The van der Waals surface area contributed by atoms with Gasteiger partial charge in [-0.25, -0.2) is 0 Å². The van der Waals surface area contributed by atoms with Crippen LogP contribution in [0, 0.1) is 0 Å². The number of hydrogen-bond donors (Lipinski definition) is 1. The Balaban J connectivity index is 1.69. The Kier molecular flexibility index (Phi) is 6.16. The van der Waals surface area contributed by atoms with Crippen molar-refractivity contribution in [3.8, 4) is 0 Å². The number of thioether (sulfide) groups is 1. The first kappa shape index (κ1) is 14.5. The summed E-state index contributed by atoms with van der Waals surface area (Å²) in [6.45, 7) is 1.04. The van der Waals surface area contributed by atoms with Gasteiger partial charge in [0.1, 0.15) is 0 Å². The first-order valence-corrected chi connectivity index (χ1v) is 8.31. The molecule has 0 spiro atoms. The molecule has 1 nitrogen and oxygen atoms in total. The van der Waals surface area contributed by atoms with Gasteiger partial charge < -0.3 is 5.32 Å². The molecule has 0 aliphatic heterocycles. The zero-order chi connectivity index (χ0) is 12.8. The van der Waals surface area contributed by atoms with Gasteiger partial charge in [0.25, 0.3) is 0 Å². The van der Waals surface area contributed by atoms with Crippen molar-refractivity contribution >= 4 is 35.0 Å². The molecule has 0 atom stereocenters. The van der Waals surface area contributed by atoms with Crippen molar-refractivity contribution in [2.45, 2.75) is 43.0 Å². The molecule has 0 bridgehead atoms. The number of hydrogen-bond acceptors (Lipinski definition) is 2. The molecule has 1 aromatic rings. The third-order valence-corrected chi connectivity index (χ3v) is 5.02. The Bertz CT molecular complexity index is 378. The lowest BCUT2D eigenvalue weighted by molar-refractivity contribution is 0.381. The Hall–Kier alpha value is 0.110. The summed E-state index contributed by atoms with van der Waals surface area (Å²) in [5, 5.41) is 5.17. The van der Waals surface area contributed by atoms with E-state index in [2.05, 4.69) is 5.32 Å². The minimum Gasteiger partial charge on any atom is -0.313 e. The summed E-state index contributed by atoms with van der Waals surface area (Å²) in [5.74, 6) is 1.04. The molecule has 1 aliphatic carbocycles. The predicted molar refractivity (Wildman–Crippen MR) is 82.1 cm³/mol. The van der Waals surface area contributed by atoms with Crippen LogP contribution in [0.5, 0.6) is 0 Å². The zero-order valence-electron chi connectivity index (χ0n) is 10.4. The molecule has 18 heavy (non-hydrogen) atoms. The normalized spacial score (nSPS) is 17.0. The van der Waals surface area contributed by atoms with E-state index in [0.717, 1.165) is 33.3 Å². The molecule has 0 amide bonds. The van der Waals surface area contributed by atoms with E-state index in [4.69, 9.17) is 23.2 Å². The summed E-state index contributed by atoms with van der Waals surface area (Å²) in [6, 6.07) is 6.36. The molecule has 1 saturated carbocycles. The molecule has 1 N–H and O–H groups in total. The third kappa shape index (κ3) is 4.65. The number of halogens is 2. The molecular formula is C14H19Cl2NS. The highest BCUT2D eigenvalue weighted by Gasteiger charge is 2.12. The van der Waals surface area contributed by atoms with Crippen molar-refractivity contribution in [3.63, 3.8) is 0 Å². The minimum absolute atomic E-state index is 0.731. The summed E-state index contributed by atoms with van der Waals surface area (Å²) in [7, 11) is 0. The first-order valence-electron chi connectivity index (χ1n) is 6.57. The van der Waals surface area contributed by atoms with Gasteiger partial charge in [0, 0.05) is 28.3 Å². The van der Waals surface area contributed by atoms with E-state index >= 15 is 0 Å². The predicted octanol–water partition coefficient (Wildman–Crippen LogP) is 5.01. The van der Waals surface area contributed by atoms with E-state index in [1.54, 1.807) is 11.8 Å². The highest BCUT2D eigenvalue weighted by atomic mass is 35.5. The van der Waals surface area contributed by atoms with Gasteiger partial charge in [-0.15, -0.1) is 11.8 Å². The van der Waals surface area contributed by atoms with E-state index in [-0.39, 0.29) is 0 Å². The van der Waals surface area contributed by atoms with Gasteiger partial charge in [-0.2, -0.15) is 0 Å². The van der Waals surface area contributed by atoms with Gasteiger partial charge in [-0.1, -0.05) is 42.5 Å². The standard InChI is InChI=1S/C14H19Cl2NS/c15-11-6-7-13(16)14(10-11)18-9-8-17-12-4-2-1-3-5-12/h6-7,10,12,17H,1-5,8-9H2. The first-order chi connectivity index (χ1) is 8.75. The van der Waals surface area contributed by atoms with Crippen LogP contribution in [0.1, 0.15) is 32.1 Å². The highest BCUT2D eigenvalue weighted by molar-refractivity contribution is 7.99. The summed E-state index contributed by atoms with van der Waals surface area (Å²) in [5.41, 5.74) is 0. The molecule has 1 aromatic carbocycles. The average Bonchev–Trinajstić information content (AvgIpc) is 2.40. The molecular weight excluding hydrogens is 285 g/mol. The number of rotatable bonds is 5. The molecule has 0 saturated heterocycles. The van der Waals surface area contributed by atoms with Gasteiger partial charge in [0.2, 0.25) is 0 Å². The second-order valence-electron chi connectivity index (χ2n) is 4.71. The van der Waals surface area contributed by atoms with Crippen LogP contribution in [0.25, 0.3) is 0 Å². The Morgan fingerprint density at radius 2 is 1.94 bits per heavy atom. The summed E-state index contributed by atoms with van der Waals surface area (Å²) < 4.78 is 0. The van der Waals surface area contributed by atoms with Crippen LogP contribution in [-0.2, 0) is 0 Å². The van der Waals surface area contributed by atoms with Crippen molar-refractivity contribution in [2.24, 2.45) is 0 Å². The molecule has 0 heterocycles. The van der Waals surface area contributed by atoms with Crippen LogP contribution < -0.4 is 5.32 Å². The van der Waals surface area contributed by atoms with Crippen LogP contribution in [0.3, 0.4) is 0 Å². The van der Waals surface area contributed by atoms with Crippen molar-refractivity contribution in [3.05, 3.63) is 28.2 Å². The monoisotopic (exact) mass is 303 g/mol. The van der Waals surface area contributed by atoms with Crippen LogP contribution in [-0.4, -0.2) is 18.3 Å². The Labute approximate surface area is 124 Å². The van der Waals surface area contributed by atoms with E-state index in [1.807, 2.05) is 18.2 Å². The molecule has 1 aliphatic rings. The van der Waals surface area contributed by atoms with E-state index in [9.17, 15) is 0 Å².